The summed E-state index contributed by atoms with van der Waals surface area (Å²) in [7, 11) is 0.945. The molecule has 86 valence electrons. The number of sulfone groups is 1. The Morgan fingerprint density at radius 2 is 1.86 bits per heavy atom. The van der Waals surface area contributed by atoms with Crippen molar-refractivity contribution in [2.24, 2.45) is 0 Å². The molecule has 0 saturated carbocycles. The maximum Gasteiger partial charge on any atom is 0.153 e. The monoisotopic (exact) mass is 222 g/mol. The van der Waals surface area contributed by atoms with Gasteiger partial charge in [-0.1, -0.05) is 0 Å². The molecule has 0 aromatic carbocycles. The van der Waals surface area contributed by atoms with Gasteiger partial charge in [0.25, 0.3) is 0 Å². The minimum Gasteiger partial charge on any atom is -0.318 e. The van der Waals surface area contributed by atoms with E-state index >= 15 is 0 Å². The molecule has 0 aliphatic carbocycles. The summed E-state index contributed by atoms with van der Waals surface area (Å²) in [6.45, 7) is 5.83. The van der Waals surface area contributed by atoms with Crippen LogP contribution in [-0.2, 0) is 9.84 Å². The van der Waals surface area contributed by atoms with Crippen LogP contribution in [0.3, 0.4) is 0 Å². The fraction of sp³-hybridized carbons (Fsp3) is 1.00. The molecule has 0 aliphatic heterocycles. The fourth-order valence-corrected chi connectivity index (χ4v) is 1.97. The zero-order valence-electron chi connectivity index (χ0n) is 9.58. The Bertz CT molecular complexity index is 237. The molecule has 0 bridgehead atoms. The maximum absolute atomic E-state index is 11.5. The third-order valence-electron chi connectivity index (χ3n) is 2.22. The third-order valence-corrected chi connectivity index (χ3v) is 4.41. The first-order valence-corrected chi connectivity index (χ1v) is 6.66. The van der Waals surface area contributed by atoms with E-state index in [0.29, 0.717) is 6.54 Å². The molecule has 0 aliphatic rings. The Labute approximate surface area is 87.6 Å². The summed E-state index contributed by atoms with van der Waals surface area (Å²) in [6.07, 6.45) is 0. The van der Waals surface area contributed by atoms with Crippen LogP contribution in [0.4, 0.5) is 0 Å². The van der Waals surface area contributed by atoms with Gasteiger partial charge in [0.15, 0.2) is 9.84 Å². The summed E-state index contributed by atoms with van der Waals surface area (Å²) in [6, 6.07) is 0. The zero-order chi connectivity index (χ0) is 11.2. The molecular weight excluding hydrogens is 200 g/mol. The molecule has 0 spiro atoms. The highest BCUT2D eigenvalue weighted by Crippen LogP contribution is 2.00. The van der Waals surface area contributed by atoms with E-state index in [0.717, 1.165) is 13.1 Å². The smallest absolute Gasteiger partial charge is 0.153 e. The predicted octanol–water partition coefficient (Wildman–Crippen LogP) is -0.0392. The Hall–Kier alpha value is -0.130. The number of hydrogen-bond donors (Lipinski definition) is 1. The first-order chi connectivity index (χ1) is 6.40. The Morgan fingerprint density at radius 1 is 1.29 bits per heavy atom. The minimum atomic E-state index is -2.88. The Balaban J connectivity index is 3.82. The SMILES string of the molecule is CNCCN(C)CCS(=O)(=O)C(C)C. The van der Waals surface area contributed by atoms with Gasteiger partial charge in [0.2, 0.25) is 0 Å². The average molecular weight is 222 g/mol. The van der Waals surface area contributed by atoms with E-state index in [1.807, 2.05) is 19.0 Å². The average Bonchev–Trinajstić information content (AvgIpc) is 2.11. The van der Waals surface area contributed by atoms with Crippen molar-refractivity contribution < 1.29 is 8.42 Å². The van der Waals surface area contributed by atoms with Crippen molar-refractivity contribution in [2.75, 3.05) is 39.5 Å². The molecule has 4 nitrogen and oxygen atoms in total. The highest BCUT2D eigenvalue weighted by atomic mass is 32.2. The first kappa shape index (κ1) is 13.9. The van der Waals surface area contributed by atoms with Gasteiger partial charge in [0.1, 0.15) is 0 Å². The Kier molecular flexibility index (Phi) is 6.31. The molecule has 0 radical (unpaired) electrons. The van der Waals surface area contributed by atoms with Crippen LogP contribution >= 0.6 is 0 Å². The van der Waals surface area contributed by atoms with Crippen molar-refractivity contribution in [3.05, 3.63) is 0 Å². The summed E-state index contributed by atoms with van der Waals surface area (Å²) in [4.78, 5) is 2.02. The lowest BCUT2D eigenvalue weighted by Gasteiger charge is -2.17. The summed E-state index contributed by atoms with van der Waals surface area (Å²) in [5, 5.41) is 2.76. The second-order valence-corrected chi connectivity index (χ2v) is 6.50. The second kappa shape index (κ2) is 6.37. The largest absolute Gasteiger partial charge is 0.318 e. The number of nitrogens with one attached hydrogen (secondary N) is 1. The van der Waals surface area contributed by atoms with Gasteiger partial charge < -0.3 is 10.2 Å². The van der Waals surface area contributed by atoms with Crippen LogP contribution in [0.5, 0.6) is 0 Å². The van der Waals surface area contributed by atoms with Crippen molar-refractivity contribution in [1.82, 2.24) is 10.2 Å². The molecule has 5 heteroatoms. The lowest BCUT2D eigenvalue weighted by molar-refractivity contribution is 0.353. The van der Waals surface area contributed by atoms with Crippen LogP contribution in [0.2, 0.25) is 0 Å². The normalized spacial score (nSPS) is 12.7. The molecular formula is C9H22N2O2S. The van der Waals surface area contributed by atoms with Crippen LogP contribution in [0.25, 0.3) is 0 Å². The number of nitrogens with zero attached hydrogens (tertiary/aromatic N) is 1. The topological polar surface area (TPSA) is 49.4 Å². The van der Waals surface area contributed by atoms with Crippen LogP contribution in [0.1, 0.15) is 13.8 Å². The van der Waals surface area contributed by atoms with Gasteiger partial charge in [-0.2, -0.15) is 0 Å². The molecule has 1 N–H and O–H groups in total. The first-order valence-electron chi connectivity index (χ1n) is 4.95. The van der Waals surface area contributed by atoms with Gasteiger partial charge in [-0.3, -0.25) is 0 Å². The van der Waals surface area contributed by atoms with Crippen molar-refractivity contribution in [2.45, 2.75) is 19.1 Å². The fourth-order valence-electron chi connectivity index (χ4n) is 0.933. The second-order valence-electron chi connectivity index (χ2n) is 3.82. The quantitative estimate of drug-likeness (QED) is 0.657. The van der Waals surface area contributed by atoms with E-state index < -0.39 is 9.84 Å². The van der Waals surface area contributed by atoms with Gasteiger partial charge in [-0.15, -0.1) is 0 Å². The Morgan fingerprint density at radius 3 is 2.29 bits per heavy atom. The standard InChI is InChI=1S/C9H22N2O2S/c1-9(2)14(12,13)8-7-11(4)6-5-10-3/h9-10H,5-8H2,1-4H3. The molecule has 0 heterocycles. The summed E-state index contributed by atoms with van der Waals surface area (Å²) in [5.74, 6) is 0.255. The van der Waals surface area contributed by atoms with Crippen molar-refractivity contribution >= 4 is 9.84 Å². The molecule has 0 aromatic heterocycles. The van der Waals surface area contributed by atoms with Gasteiger partial charge in [-0.25, -0.2) is 8.42 Å². The molecule has 0 fully saturated rings. The van der Waals surface area contributed by atoms with Gasteiger partial charge >= 0.3 is 0 Å². The van der Waals surface area contributed by atoms with Gasteiger partial charge in [0.05, 0.1) is 11.0 Å². The highest BCUT2D eigenvalue weighted by molar-refractivity contribution is 7.92. The third kappa shape index (κ3) is 5.57. The molecule has 0 saturated heterocycles. The molecule has 0 unspecified atom stereocenters. The van der Waals surface area contributed by atoms with E-state index in [9.17, 15) is 8.42 Å². The van der Waals surface area contributed by atoms with E-state index in [4.69, 9.17) is 0 Å². The van der Waals surface area contributed by atoms with Crippen LogP contribution in [-0.4, -0.2) is 58.1 Å². The van der Waals surface area contributed by atoms with E-state index in [2.05, 4.69) is 5.32 Å². The van der Waals surface area contributed by atoms with Gasteiger partial charge in [0, 0.05) is 19.6 Å². The number of likely N-dealkylation sites (N-methyl/N-ethyl adjacent to an activating group) is 2. The van der Waals surface area contributed by atoms with Crippen LogP contribution in [0.15, 0.2) is 0 Å². The highest BCUT2D eigenvalue weighted by Gasteiger charge is 2.16. The van der Waals surface area contributed by atoms with Crippen LogP contribution in [0, 0.1) is 0 Å². The van der Waals surface area contributed by atoms with E-state index in [-0.39, 0.29) is 11.0 Å². The molecule has 14 heavy (non-hydrogen) atoms. The summed E-state index contributed by atoms with van der Waals surface area (Å²) >= 11 is 0. The van der Waals surface area contributed by atoms with E-state index in [1.165, 1.54) is 0 Å². The van der Waals surface area contributed by atoms with Crippen molar-refractivity contribution in [1.29, 1.82) is 0 Å². The van der Waals surface area contributed by atoms with Gasteiger partial charge in [-0.05, 0) is 27.9 Å². The maximum atomic E-state index is 11.5. The predicted molar refractivity (Wildman–Crippen MR) is 60.3 cm³/mol. The van der Waals surface area contributed by atoms with Crippen LogP contribution < -0.4 is 5.32 Å². The molecule has 0 atom stereocenters. The lowest BCUT2D eigenvalue weighted by Crippen LogP contribution is -2.33. The van der Waals surface area contributed by atoms with Crippen molar-refractivity contribution in [3.8, 4) is 0 Å². The number of rotatable bonds is 7. The zero-order valence-corrected chi connectivity index (χ0v) is 10.4. The molecule has 0 aromatic rings. The number of hydrogen-bond acceptors (Lipinski definition) is 4. The molecule has 0 rings (SSSR count). The lowest BCUT2D eigenvalue weighted by atomic mass is 10.5. The van der Waals surface area contributed by atoms with Crippen molar-refractivity contribution in [3.63, 3.8) is 0 Å². The minimum absolute atomic E-state index is 0.255. The summed E-state index contributed by atoms with van der Waals surface area (Å²) in [5.41, 5.74) is 0. The summed E-state index contributed by atoms with van der Waals surface area (Å²) < 4.78 is 22.9. The molecule has 0 amide bonds. The van der Waals surface area contributed by atoms with E-state index in [1.54, 1.807) is 13.8 Å².